The lowest BCUT2D eigenvalue weighted by Gasteiger charge is -2.42. The number of amides is 1. The van der Waals surface area contributed by atoms with Gasteiger partial charge in [-0.05, 0) is 53.8 Å². The minimum atomic E-state index is -0.400. The lowest BCUT2D eigenvalue weighted by atomic mass is 9.96. The van der Waals surface area contributed by atoms with Crippen LogP contribution in [0.25, 0.3) is 0 Å². The molecule has 1 unspecified atom stereocenters. The first kappa shape index (κ1) is 25.9. The van der Waals surface area contributed by atoms with Gasteiger partial charge in [-0.15, -0.1) is 0 Å². The Hall–Kier alpha value is -3.13. The summed E-state index contributed by atoms with van der Waals surface area (Å²) >= 11 is 0. The maximum Gasteiger partial charge on any atom is 0.237 e. The lowest BCUT2D eigenvalue weighted by molar-refractivity contribution is -0.128. The van der Waals surface area contributed by atoms with Gasteiger partial charge in [-0.3, -0.25) is 14.6 Å². The Kier molecular flexibility index (Phi) is 9.17. The molecule has 3 aromatic carbocycles. The average Bonchev–Trinajstić information content (AvgIpc) is 2.91. The summed E-state index contributed by atoms with van der Waals surface area (Å²) in [5.74, 6) is -0.667. The van der Waals surface area contributed by atoms with Gasteiger partial charge >= 0.3 is 0 Å². The molecular weight excluding hydrogens is 460 g/mol. The van der Waals surface area contributed by atoms with Crippen molar-refractivity contribution in [2.24, 2.45) is 0 Å². The van der Waals surface area contributed by atoms with E-state index in [2.05, 4.69) is 15.1 Å². The molecule has 1 heterocycles. The maximum atomic E-state index is 13.6. The molecule has 4 rings (SSSR count). The number of rotatable bonds is 10. The Labute approximate surface area is 211 Å². The molecule has 0 aliphatic carbocycles. The predicted octanol–water partition coefficient (Wildman–Crippen LogP) is 3.78. The summed E-state index contributed by atoms with van der Waals surface area (Å²) in [5.41, 5.74) is 3.03. The molecule has 36 heavy (non-hydrogen) atoms. The van der Waals surface area contributed by atoms with E-state index in [4.69, 9.17) is 0 Å². The number of benzene rings is 3. The maximum absolute atomic E-state index is 13.6. The quantitative estimate of drug-likeness (QED) is 0.452. The van der Waals surface area contributed by atoms with Gasteiger partial charge in [0.05, 0.1) is 12.1 Å². The SMILES string of the molecule is O=C(NCCc1ccccc1)C(CCO)N1CCN(C(c2ccc(F)cc2)c2ccc(F)cc2)CC1. The van der Waals surface area contributed by atoms with Crippen LogP contribution in [-0.4, -0.2) is 66.2 Å². The number of carbonyl (C=O) groups excluding carboxylic acids is 1. The summed E-state index contributed by atoms with van der Waals surface area (Å²) in [6, 6.07) is 22.3. The molecule has 0 saturated carbocycles. The third-order valence-electron chi connectivity index (χ3n) is 6.79. The minimum absolute atomic E-state index is 0.0647. The zero-order chi connectivity index (χ0) is 25.3. The van der Waals surface area contributed by atoms with E-state index in [1.54, 1.807) is 24.3 Å². The third kappa shape index (κ3) is 6.75. The van der Waals surface area contributed by atoms with Gasteiger partial charge in [0.1, 0.15) is 11.6 Å². The largest absolute Gasteiger partial charge is 0.396 e. The van der Waals surface area contributed by atoms with Crippen molar-refractivity contribution >= 4 is 5.91 Å². The van der Waals surface area contributed by atoms with Crippen LogP contribution in [0.15, 0.2) is 78.9 Å². The number of carbonyl (C=O) groups is 1. The van der Waals surface area contributed by atoms with Crippen LogP contribution >= 0.6 is 0 Å². The van der Waals surface area contributed by atoms with E-state index in [-0.39, 0.29) is 30.2 Å². The summed E-state index contributed by atoms with van der Waals surface area (Å²) in [6.07, 6.45) is 1.12. The standard InChI is InChI=1S/C29H33F2N3O2/c30-25-10-6-23(7-11-25)28(24-8-12-26(31)13-9-24)34-19-17-33(18-20-34)27(15-21-35)29(36)32-16-14-22-4-2-1-3-5-22/h1-13,27-28,35H,14-21H2,(H,32,36). The number of nitrogens with zero attached hydrogens (tertiary/aromatic N) is 2. The molecule has 1 fully saturated rings. The highest BCUT2D eigenvalue weighted by molar-refractivity contribution is 5.81. The summed E-state index contributed by atoms with van der Waals surface area (Å²) in [7, 11) is 0. The monoisotopic (exact) mass is 493 g/mol. The fourth-order valence-corrected chi connectivity index (χ4v) is 4.91. The van der Waals surface area contributed by atoms with E-state index in [0.29, 0.717) is 39.1 Å². The lowest BCUT2D eigenvalue weighted by Crippen LogP contribution is -2.55. The number of nitrogens with one attached hydrogen (secondary N) is 1. The van der Waals surface area contributed by atoms with Crippen LogP contribution in [0.4, 0.5) is 8.78 Å². The van der Waals surface area contributed by atoms with Gasteiger partial charge in [0.25, 0.3) is 0 Å². The van der Waals surface area contributed by atoms with Crippen molar-refractivity contribution in [1.82, 2.24) is 15.1 Å². The van der Waals surface area contributed by atoms with E-state index in [1.807, 2.05) is 30.3 Å². The molecular formula is C29H33F2N3O2. The smallest absolute Gasteiger partial charge is 0.237 e. The molecule has 1 saturated heterocycles. The fourth-order valence-electron chi connectivity index (χ4n) is 4.91. The first-order chi connectivity index (χ1) is 17.5. The van der Waals surface area contributed by atoms with Gasteiger partial charge in [-0.25, -0.2) is 8.78 Å². The molecule has 5 nitrogen and oxygen atoms in total. The normalized spacial score (nSPS) is 15.7. The Morgan fingerprint density at radius 2 is 1.33 bits per heavy atom. The molecule has 1 aliphatic rings. The molecule has 0 radical (unpaired) electrons. The number of hydrogen-bond acceptors (Lipinski definition) is 4. The Morgan fingerprint density at radius 1 is 0.806 bits per heavy atom. The van der Waals surface area contributed by atoms with Crippen molar-refractivity contribution in [2.75, 3.05) is 39.3 Å². The van der Waals surface area contributed by atoms with Gasteiger partial charge < -0.3 is 10.4 Å². The molecule has 190 valence electrons. The number of halogens is 2. The molecule has 2 N–H and O–H groups in total. The Bertz CT molecular complexity index is 1040. The molecule has 7 heteroatoms. The van der Waals surface area contributed by atoms with Gasteiger partial charge in [0, 0.05) is 39.3 Å². The van der Waals surface area contributed by atoms with E-state index in [9.17, 15) is 18.7 Å². The highest BCUT2D eigenvalue weighted by Gasteiger charge is 2.32. The first-order valence-corrected chi connectivity index (χ1v) is 12.5. The fraction of sp³-hybridized carbons (Fsp3) is 0.345. The molecule has 1 amide bonds. The van der Waals surface area contributed by atoms with Gasteiger partial charge in [-0.1, -0.05) is 54.6 Å². The van der Waals surface area contributed by atoms with Crippen molar-refractivity contribution in [3.05, 3.63) is 107 Å². The number of aliphatic hydroxyl groups excluding tert-OH is 1. The van der Waals surface area contributed by atoms with Crippen LogP contribution < -0.4 is 5.32 Å². The van der Waals surface area contributed by atoms with Gasteiger partial charge in [0.2, 0.25) is 5.91 Å². The van der Waals surface area contributed by atoms with Crippen molar-refractivity contribution in [3.8, 4) is 0 Å². The molecule has 0 bridgehead atoms. The second-order valence-corrected chi connectivity index (χ2v) is 9.13. The molecule has 1 aliphatic heterocycles. The Balaban J connectivity index is 1.41. The number of hydrogen-bond donors (Lipinski definition) is 2. The second-order valence-electron chi connectivity index (χ2n) is 9.13. The van der Waals surface area contributed by atoms with Crippen molar-refractivity contribution in [1.29, 1.82) is 0 Å². The topological polar surface area (TPSA) is 55.8 Å². The van der Waals surface area contributed by atoms with Crippen LogP contribution in [0, 0.1) is 11.6 Å². The van der Waals surface area contributed by atoms with E-state index in [1.165, 1.54) is 24.3 Å². The predicted molar refractivity (Wildman–Crippen MR) is 136 cm³/mol. The molecule has 0 spiro atoms. The first-order valence-electron chi connectivity index (χ1n) is 12.5. The molecule has 3 aromatic rings. The number of aliphatic hydroxyl groups is 1. The zero-order valence-electron chi connectivity index (χ0n) is 20.3. The summed E-state index contributed by atoms with van der Waals surface area (Å²) in [4.78, 5) is 17.4. The van der Waals surface area contributed by atoms with Crippen molar-refractivity contribution in [3.63, 3.8) is 0 Å². The van der Waals surface area contributed by atoms with Crippen molar-refractivity contribution < 1.29 is 18.7 Å². The van der Waals surface area contributed by atoms with Crippen LogP contribution in [0.3, 0.4) is 0 Å². The molecule has 1 atom stereocenters. The second kappa shape index (κ2) is 12.7. The minimum Gasteiger partial charge on any atom is -0.396 e. The highest BCUT2D eigenvalue weighted by Crippen LogP contribution is 2.30. The van der Waals surface area contributed by atoms with Crippen LogP contribution in [0.1, 0.15) is 29.2 Å². The summed E-state index contributed by atoms with van der Waals surface area (Å²) in [5, 5.41) is 12.7. The Morgan fingerprint density at radius 3 is 1.86 bits per heavy atom. The number of piperazine rings is 1. The van der Waals surface area contributed by atoms with Crippen molar-refractivity contribution in [2.45, 2.75) is 24.9 Å². The van der Waals surface area contributed by atoms with E-state index < -0.39 is 6.04 Å². The average molecular weight is 494 g/mol. The summed E-state index contributed by atoms with van der Waals surface area (Å²) < 4.78 is 27.2. The molecule has 0 aromatic heterocycles. The highest BCUT2D eigenvalue weighted by atomic mass is 19.1. The zero-order valence-corrected chi connectivity index (χ0v) is 20.3. The van der Waals surface area contributed by atoms with Crippen LogP contribution in [0.2, 0.25) is 0 Å². The van der Waals surface area contributed by atoms with E-state index >= 15 is 0 Å². The van der Waals surface area contributed by atoms with E-state index in [0.717, 1.165) is 23.1 Å². The third-order valence-corrected chi connectivity index (χ3v) is 6.79. The van der Waals surface area contributed by atoms with Gasteiger partial charge in [-0.2, -0.15) is 0 Å². The van der Waals surface area contributed by atoms with Crippen LogP contribution in [0.5, 0.6) is 0 Å². The van der Waals surface area contributed by atoms with Crippen LogP contribution in [-0.2, 0) is 11.2 Å². The summed E-state index contributed by atoms with van der Waals surface area (Å²) in [6.45, 7) is 3.13. The van der Waals surface area contributed by atoms with Gasteiger partial charge in [0.15, 0.2) is 0 Å².